The molecule has 1 aromatic carbocycles. The van der Waals surface area contributed by atoms with Crippen molar-refractivity contribution in [2.45, 2.75) is 36.4 Å². The summed E-state index contributed by atoms with van der Waals surface area (Å²) in [6.07, 6.45) is 3.08. The van der Waals surface area contributed by atoms with E-state index in [-0.39, 0.29) is 12.3 Å². The molecule has 1 aliphatic heterocycles. The zero-order valence-corrected chi connectivity index (χ0v) is 18.4. The van der Waals surface area contributed by atoms with Crippen LogP contribution in [0.1, 0.15) is 29.7 Å². The zero-order valence-electron chi connectivity index (χ0n) is 16.7. The van der Waals surface area contributed by atoms with Gasteiger partial charge in [-0.2, -0.15) is 4.31 Å². The monoisotopic (exact) mass is 436 g/mol. The number of thiophene rings is 1. The van der Waals surface area contributed by atoms with Crippen LogP contribution < -0.4 is 0 Å². The van der Waals surface area contributed by atoms with Gasteiger partial charge in [0.15, 0.2) is 0 Å². The summed E-state index contributed by atoms with van der Waals surface area (Å²) in [6, 6.07) is 13.2. The normalized spacial score (nSPS) is 15.3. The molecule has 0 atom stereocenters. The summed E-state index contributed by atoms with van der Waals surface area (Å²) in [7, 11) is -1.84. The third-order valence-electron chi connectivity index (χ3n) is 5.01. The number of methoxy groups -OCH3 is 1. The van der Waals surface area contributed by atoms with Crippen LogP contribution >= 0.6 is 11.3 Å². The minimum Gasteiger partial charge on any atom is -0.383 e. The van der Waals surface area contributed by atoms with E-state index in [1.54, 1.807) is 28.4 Å². The summed E-state index contributed by atoms with van der Waals surface area (Å²) in [6.45, 7) is 2.62. The summed E-state index contributed by atoms with van der Waals surface area (Å²) >= 11 is 1.20. The highest BCUT2D eigenvalue weighted by Gasteiger charge is 2.27. The second-order valence-corrected chi connectivity index (χ2v) is 10.5. The Kier molecular flexibility index (Phi) is 7.83. The average molecular weight is 437 g/mol. The summed E-state index contributed by atoms with van der Waals surface area (Å²) in [5, 5.41) is 0. The van der Waals surface area contributed by atoms with Crippen molar-refractivity contribution in [2.24, 2.45) is 0 Å². The number of piperidine rings is 1. The predicted octanol–water partition coefficient (Wildman–Crippen LogP) is 3.14. The van der Waals surface area contributed by atoms with Gasteiger partial charge >= 0.3 is 0 Å². The lowest BCUT2D eigenvalue weighted by atomic mass is 10.2. The van der Waals surface area contributed by atoms with Gasteiger partial charge in [-0.3, -0.25) is 4.79 Å². The van der Waals surface area contributed by atoms with Crippen LogP contribution in [0.25, 0.3) is 0 Å². The molecule has 0 unspecified atom stereocenters. The van der Waals surface area contributed by atoms with Gasteiger partial charge in [-0.15, -0.1) is 11.3 Å². The van der Waals surface area contributed by atoms with E-state index in [0.29, 0.717) is 37.0 Å². The fourth-order valence-corrected chi connectivity index (χ4v) is 6.40. The molecule has 0 spiro atoms. The zero-order chi connectivity index (χ0) is 20.7. The highest BCUT2D eigenvalue weighted by molar-refractivity contribution is 7.91. The maximum atomic E-state index is 12.9. The van der Waals surface area contributed by atoms with E-state index in [2.05, 4.69) is 0 Å². The van der Waals surface area contributed by atoms with Crippen molar-refractivity contribution in [3.63, 3.8) is 0 Å². The third-order valence-corrected chi connectivity index (χ3v) is 8.46. The molecule has 8 heteroatoms. The van der Waals surface area contributed by atoms with Crippen molar-refractivity contribution in [3.05, 3.63) is 52.9 Å². The lowest BCUT2D eigenvalue weighted by molar-refractivity contribution is -0.131. The Morgan fingerprint density at radius 3 is 2.52 bits per heavy atom. The Hall–Kier alpha value is -1.74. The summed E-state index contributed by atoms with van der Waals surface area (Å²) in [4.78, 5) is 15.4. The Labute approximate surface area is 177 Å². The van der Waals surface area contributed by atoms with Crippen LogP contribution in [0.4, 0.5) is 0 Å². The fraction of sp³-hybridized carbons (Fsp3) is 0.476. The van der Waals surface area contributed by atoms with Crippen molar-refractivity contribution < 1.29 is 17.9 Å². The molecule has 1 saturated heterocycles. The van der Waals surface area contributed by atoms with Crippen LogP contribution in [-0.2, 0) is 32.5 Å². The number of carbonyl (C=O) groups excluding carboxylic acids is 1. The van der Waals surface area contributed by atoms with Gasteiger partial charge in [0.2, 0.25) is 5.91 Å². The Morgan fingerprint density at radius 1 is 1.10 bits per heavy atom. The largest absolute Gasteiger partial charge is 0.383 e. The smallest absolute Gasteiger partial charge is 0.252 e. The molecule has 0 aliphatic carbocycles. The van der Waals surface area contributed by atoms with Crippen LogP contribution in [-0.4, -0.2) is 56.9 Å². The molecular formula is C21H28N2O4S2. The molecule has 1 amide bonds. The number of amides is 1. The van der Waals surface area contributed by atoms with Crippen LogP contribution in [0, 0.1) is 0 Å². The number of rotatable bonds is 9. The van der Waals surface area contributed by atoms with E-state index >= 15 is 0 Å². The molecular weight excluding hydrogens is 408 g/mol. The van der Waals surface area contributed by atoms with Gasteiger partial charge in [0, 0.05) is 38.2 Å². The number of benzene rings is 1. The van der Waals surface area contributed by atoms with Crippen molar-refractivity contribution in [1.29, 1.82) is 0 Å². The molecule has 6 nitrogen and oxygen atoms in total. The SMILES string of the molecule is COCCN(Cc1ccccc1)C(=O)Cc1ccc(S(=O)(=O)N2CCCCC2)s1. The van der Waals surface area contributed by atoms with E-state index in [9.17, 15) is 13.2 Å². The van der Waals surface area contributed by atoms with Crippen molar-refractivity contribution >= 4 is 27.3 Å². The van der Waals surface area contributed by atoms with Gasteiger partial charge in [0.25, 0.3) is 10.0 Å². The maximum absolute atomic E-state index is 12.9. The molecule has 1 fully saturated rings. The summed E-state index contributed by atoms with van der Waals surface area (Å²) in [5.74, 6) is -0.0327. The minimum absolute atomic E-state index is 0.0327. The van der Waals surface area contributed by atoms with Crippen molar-refractivity contribution in [2.75, 3.05) is 33.4 Å². The third kappa shape index (κ3) is 5.88. The number of sulfonamides is 1. The van der Waals surface area contributed by atoms with Gasteiger partial charge in [0.05, 0.1) is 13.0 Å². The number of hydrogen-bond donors (Lipinski definition) is 0. The molecule has 2 heterocycles. The molecule has 0 saturated carbocycles. The van der Waals surface area contributed by atoms with Crippen molar-refractivity contribution in [1.82, 2.24) is 9.21 Å². The number of nitrogens with zero attached hydrogens (tertiary/aromatic N) is 2. The average Bonchev–Trinajstić information content (AvgIpc) is 3.22. The quantitative estimate of drug-likeness (QED) is 0.606. The minimum atomic E-state index is -3.45. The highest BCUT2D eigenvalue weighted by Crippen LogP contribution is 2.27. The fourth-order valence-electron chi connectivity index (χ4n) is 3.38. The molecule has 1 aromatic heterocycles. The number of ether oxygens (including phenoxy) is 1. The van der Waals surface area contributed by atoms with Crippen molar-refractivity contribution in [3.8, 4) is 0 Å². The highest BCUT2D eigenvalue weighted by atomic mass is 32.2. The standard InChI is InChI=1S/C21H28N2O4S2/c1-27-15-14-22(17-18-8-4-2-5-9-18)20(24)16-19-10-11-21(28-19)29(25,26)23-12-6-3-7-13-23/h2,4-5,8-11H,3,6-7,12-17H2,1H3. The molecule has 1 aliphatic rings. The first-order valence-corrected chi connectivity index (χ1v) is 12.2. The Bertz CT molecular complexity index is 890. The second kappa shape index (κ2) is 10.3. The maximum Gasteiger partial charge on any atom is 0.252 e. The second-order valence-electron chi connectivity index (χ2n) is 7.16. The van der Waals surface area contributed by atoms with Crippen LogP contribution in [0.5, 0.6) is 0 Å². The van der Waals surface area contributed by atoms with E-state index in [1.165, 1.54) is 11.3 Å². The number of carbonyl (C=O) groups is 1. The Balaban J connectivity index is 1.68. The van der Waals surface area contributed by atoms with E-state index < -0.39 is 10.0 Å². The lowest BCUT2D eigenvalue weighted by Crippen LogP contribution is -2.35. The molecule has 158 valence electrons. The van der Waals surface area contributed by atoms with E-state index in [0.717, 1.165) is 29.7 Å². The lowest BCUT2D eigenvalue weighted by Gasteiger charge is -2.25. The first kappa shape index (κ1) is 22.0. The van der Waals surface area contributed by atoms with Gasteiger partial charge in [-0.25, -0.2) is 8.42 Å². The topological polar surface area (TPSA) is 66.9 Å². The van der Waals surface area contributed by atoms with Crippen LogP contribution in [0.15, 0.2) is 46.7 Å². The predicted molar refractivity (Wildman–Crippen MR) is 114 cm³/mol. The summed E-state index contributed by atoms with van der Waals surface area (Å²) in [5.41, 5.74) is 1.05. The summed E-state index contributed by atoms with van der Waals surface area (Å²) < 4.78 is 32.7. The van der Waals surface area contributed by atoms with E-state index in [4.69, 9.17) is 4.74 Å². The van der Waals surface area contributed by atoms with Crippen LogP contribution in [0.3, 0.4) is 0 Å². The molecule has 3 rings (SSSR count). The van der Waals surface area contributed by atoms with Gasteiger partial charge in [-0.05, 0) is 30.5 Å². The molecule has 0 N–H and O–H groups in total. The molecule has 0 bridgehead atoms. The van der Waals surface area contributed by atoms with Gasteiger partial charge in [0.1, 0.15) is 4.21 Å². The molecule has 0 radical (unpaired) electrons. The molecule has 2 aromatic rings. The van der Waals surface area contributed by atoms with Crippen LogP contribution in [0.2, 0.25) is 0 Å². The number of hydrogen-bond acceptors (Lipinski definition) is 5. The molecule has 29 heavy (non-hydrogen) atoms. The first-order chi connectivity index (χ1) is 14.0. The first-order valence-electron chi connectivity index (χ1n) is 9.90. The van der Waals surface area contributed by atoms with Gasteiger partial charge < -0.3 is 9.64 Å². The van der Waals surface area contributed by atoms with E-state index in [1.807, 2.05) is 30.3 Å². The Morgan fingerprint density at radius 2 is 1.83 bits per heavy atom. The van der Waals surface area contributed by atoms with Gasteiger partial charge in [-0.1, -0.05) is 36.8 Å².